The molecular weight excluding hydrogens is 429 g/mol. The van der Waals surface area contributed by atoms with Crippen LogP contribution in [0.3, 0.4) is 0 Å². The van der Waals surface area contributed by atoms with Gasteiger partial charge in [0, 0.05) is 44.0 Å². The lowest BCUT2D eigenvalue weighted by atomic mass is 10.0. The minimum atomic E-state index is -4.60. The van der Waals surface area contributed by atoms with Crippen molar-refractivity contribution in [3.8, 4) is 5.95 Å². The third-order valence-electron chi connectivity index (χ3n) is 5.63. The summed E-state index contributed by atoms with van der Waals surface area (Å²) >= 11 is 0. The van der Waals surface area contributed by atoms with Crippen LogP contribution >= 0.6 is 0 Å². The van der Waals surface area contributed by atoms with Gasteiger partial charge in [-0.05, 0) is 19.1 Å². The van der Waals surface area contributed by atoms with E-state index in [9.17, 15) is 22.8 Å². The minimum absolute atomic E-state index is 0.00806. The molecule has 0 saturated carbocycles. The zero-order chi connectivity index (χ0) is 22.8. The van der Waals surface area contributed by atoms with Crippen LogP contribution in [0.4, 0.5) is 13.2 Å². The van der Waals surface area contributed by atoms with Crippen LogP contribution < -0.4 is 5.56 Å². The third-order valence-corrected chi connectivity index (χ3v) is 5.63. The van der Waals surface area contributed by atoms with E-state index in [2.05, 4.69) is 20.3 Å². The summed E-state index contributed by atoms with van der Waals surface area (Å²) < 4.78 is 44.1. The SMILES string of the molecule is Cc1c(C(=O)N2CCc3c(c(C(F)(F)F)nn3C)C2)cnn1-c1nn2cccc2c(=O)[nH]1. The molecule has 4 aromatic heterocycles. The number of aromatic nitrogens is 7. The summed E-state index contributed by atoms with van der Waals surface area (Å²) in [5, 5.41) is 12.1. The fraction of sp³-hybridized carbons (Fsp3) is 0.316. The first kappa shape index (κ1) is 20.0. The van der Waals surface area contributed by atoms with Crippen molar-refractivity contribution in [1.29, 1.82) is 0 Å². The van der Waals surface area contributed by atoms with E-state index in [1.165, 1.54) is 32.0 Å². The van der Waals surface area contributed by atoms with E-state index >= 15 is 0 Å². The second-order valence-corrected chi connectivity index (χ2v) is 7.54. The number of H-pyrrole nitrogens is 1. The molecule has 5 rings (SSSR count). The number of carbonyl (C=O) groups is 1. The molecule has 1 aliphatic heterocycles. The van der Waals surface area contributed by atoms with Gasteiger partial charge >= 0.3 is 6.18 Å². The van der Waals surface area contributed by atoms with Gasteiger partial charge < -0.3 is 4.90 Å². The second kappa shape index (κ2) is 6.80. The summed E-state index contributed by atoms with van der Waals surface area (Å²) in [6.45, 7) is 1.67. The molecule has 0 atom stereocenters. The molecule has 4 aromatic rings. The van der Waals surface area contributed by atoms with Crippen LogP contribution in [0.25, 0.3) is 11.5 Å². The number of aromatic amines is 1. The second-order valence-electron chi connectivity index (χ2n) is 7.54. The van der Waals surface area contributed by atoms with Gasteiger partial charge in [0.15, 0.2) is 5.69 Å². The van der Waals surface area contributed by atoms with Crippen molar-refractivity contribution in [3.05, 3.63) is 63.1 Å². The summed E-state index contributed by atoms with van der Waals surface area (Å²) in [6.07, 6.45) is -1.42. The molecule has 10 nitrogen and oxygen atoms in total. The number of halogens is 3. The maximum Gasteiger partial charge on any atom is 0.435 e. The number of hydrogen-bond acceptors (Lipinski definition) is 5. The lowest BCUT2D eigenvalue weighted by Crippen LogP contribution is -2.37. The van der Waals surface area contributed by atoms with Crippen LogP contribution in [0.2, 0.25) is 0 Å². The van der Waals surface area contributed by atoms with Crippen molar-refractivity contribution in [2.45, 2.75) is 26.1 Å². The topological polar surface area (TPSA) is 106 Å². The quantitative estimate of drug-likeness (QED) is 0.502. The number of fused-ring (bicyclic) bond motifs is 2. The summed E-state index contributed by atoms with van der Waals surface area (Å²) in [4.78, 5) is 29.3. The number of carbonyl (C=O) groups excluding carboxylic acids is 1. The molecule has 0 aromatic carbocycles. The Bertz CT molecular complexity index is 1420. The van der Waals surface area contributed by atoms with E-state index < -0.39 is 17.8 Å². The third kappa shape index (κ3) is 2.99. The van der Waals surface area contributed by atoms with Crippen molar-refractivity contribution in [2.75, 3.05) is 6.54 Å². The first-order chi connectivity index (χ1) is 15.1. The number of hydrogen-bond donors (Lipinski definition) is 1. The van der Waals surface area contributed by atoms with E-state index in [1.54, 1.807) is 25.3 Å². The Morgan fingerprint density at radius 3 is 2.78 bits per heavy atom. The first-order valence-corrected chi connectivity index (χ1v) is 9.69. The molecule has 0 unspecified atom stereocenters. The lowest BCUT2D eigenvalue weighted by molar-refractivity contribution is -0.142. The average Bonchev–Trinajstić information content (AvgIpc) is 3.44. The maximum absolute atomic E-state index is 13.4. The van der Waals surface area contributed by atoms with Crippen molar-refractivity contribution in [2.24, 2.45) is 7.05 Å². The summed E-state index contributed by atoms with van der Waals surface area (Å²) in [6, 6.07) is 3.28. The number of nitrogens with zero attached hydrogens (tertiary/aromatic N) is 7. The van der Waals surface area contributed by atoms with Gasteiger partial charge in [-0.2, -0.15) is 23.4 Å². The number of alkyl halides is 3. The van der Waals surface area contributed by atoms with Gasteiger partial charge in [0.2, 0.25) is 5.95 Å². The predicted molar refractivity (Wildman–Crippen MR) is 104 cm³/mol. The Kier molecular flexibility index (Phi) is 4.26. The smallest absolute Gasteiger partial charge is 0.334 e. The Hall–Kier alpha value is -3.90. The molecule has 0 radical (unpaired) electrons. The Balaban J connectivity index is 1.48. The van der Waals surface area contributed by atoms with Gasteiger partial charge in [-0.25, -0.2) is 9.20 Å². The molecule has 1 aliphatic rings. The average molecular weight is 446 g/mol. The highest BCUT2D eigenvalue weighted by Crippen LogP contribution is 2.35. The summed E-state index contributed by atoms with van der Waals surface area (Å²) in [5.41, 5.74) is 0.100. The number of rotatable bonds is 2. The van der Waals surface area contributed by atoms with Crippen molar-refractivity contribution in [1.82, 2.24) is 39.1 Å². The molecule has 32 heavy (non-hydrogen) atoms. The monoisotopic (exact) mass is 446 g/mol. The van der Waals surface area contributed by atoms with Gasteiger partial charge in [0.05, 0.1) is 17.5 Å². The molecule has 0 bridgehead atoms. The molecule has 0 saturated heterocycles. The Morgan fingerprint density at radius 2 is 2.03 bits per heavy atom. The highest BCUT2D eigenvalue weighted by Gasteiger charge is 2.41. The van der Waals surface area contributed by atoms with E-state index in [-0.39, 0.29) is 42.1 Å². The van der Waals surface area contributed by atoms with Crippen molar-refractivity contribution < 1.29 is 18.0 Å². The molecule has 0 spiro atoms. The van der Waals surface area contributed by atoms with Crippen LogP contribution in [0.5, 0.6) is 0 Å². The number of nitrogens with one attached hydrogen (secondary N) is 1. The highest BCUT2D eigenvalue weighted by molar-refractivity contribution is 5.95. The van der Waals surface area contributed by atoms with Gasteiger partial charge in [0.1, 0.15) is 5.52 Å². The zero-order valence-corrected chi connectivity index (χ0v) is 17.0. The summed E-state index contributed by atoms with van der Waals surface area (Å²) in [5.74, 6) is -0.344. The van der Waals surface area contributed by atoms with Crippen LogP contribution in [0, 0.1) is 6.92 Å². The molecular formula is C19H17F3N8O2. The van der Waals surface area contributed by atoms with Gasteiger partial charge in [-0.15, -0.1) is 5.10 Å². The number of amides is 1. The van der Waals surface area contributed by atoms with Crippen molar-refractivity contribution in [3.63, 3.8) is 0 Å². The predicted octanol–water partition coefficient (Wildman–Crippen LogP) is 1.47. The normalized spacial score (nSPS) is 14.2. The molecule has 166 valence electrons. The van der Waals surface area contributed by atoms with E-state index in [0.717, 1.165) is 0 Å². The zero-order valence-electron chi connectivity index (χ0n) is 17.0. The summed E-state index contributed by atoms with van der Waals surface area (Å²) in [7, 11) is 1.47. The Labute approximate surface area is 177 Å². The van der Waals surface area contributed by atoms with Gasteiger partial charge in [-0.3, -0.25) is 19.3 Å². The molecule has 5 heterocycles. The largest absolute Gasteiger partial charge is 0.435 e. The van der Waals surface area contributed by atoms with E-state index in [1.807, 2.05) is 0 Å². The minimum Gasteiger partial charge on any atom is -0.334 e. The standard InChI is InChI=1S/C19H17F3N8O2/c1-10-11(8-23-30(10)18-24-16(31)14-4-3-6-29(14)26-18)17(32)28-7-5-13-12(9-28)15(19(20,21)22)25-27(13)2/h3-4,6,8H,5,7,9H2,1-2H3,(H,24,26,31). The number of aryl methyl sites for hydroxylation is 1. The molecule has 1 amide bonds. The van der Waals surface area contributed by atoms with Crippen molar-refractivity contribution >= 4 is 11.4 Å². The van der Waals surface area contributed by atoms with Gasteiger partial charge in [-0.1, -0.05) is 0 Å². The van der Waals surface area contributed by atoms with Crippen LogP contribution in [0.1, 0.15) is 33.0 Å². The molecule has 0 aliphatic carbocycles. The van der Waals surface area contributed by atoms with Gasteiger partial charge in [0.25, 0.3) is 11.5 Å². The molecule has 1 N–H and O–H groups in total. The van der Waals surface area contributed by atoms with Crippen LogP contribution in [-0.4, -0.2) is 51.5 Å². The fourth-order valence-electron chi connectivity index (χ4n) is 4.02. The molecule has 0 fully saturated rings. The Morgan fingerprint density at radius 1 is 1.25 bits per heavy atom. The van der Waals surface area contributed by atoms with Crippen LogP contribution in [0.15, 0.2) is 29.3 Å². The van der Waals surface area contributed by atoms with E-state index in [0.29, 0.717) is 16.9 Å². The maximum atomic E-state index is 13.4. The highest BCUT2D eigenvalue weighted by atomic mass is 19.4. The van der Waals surface area contributed by atoms with Crippen LogP contribution in [-0.2, 0) is 26.2 Å². The van der Waals surface area contributed by atoms with E-state index in [4.69, 9.17) is 0 Å². The molecule has 13 heteroatoms. The fourth-order valence-corrected chi connectivity index (χ4v) is 4.02. The lowest BCUT2D eigenvalue weighted by Gasteiger charge is -2.27. The first-order valence-electron chi connectivity index (χ1n) is 9.69.